The number of hydrogen-bond donors (Lipinski definition) is 2. The maximum absolute atomic E-state index is 12.2. The number of furan rings is 1. The lowest BCUT2D eigenvalue weighted by Crippen LogP contribution is -2.36. The number of rotatable bonds is 5. The highest BCUT2D eigenvalue weighted by Crippen LogP contribution is 2.29. The van der Waals surface area contributed by atoms with Gasteiger partial charge in [0.1, 0.15) is 5.76 Å². The van der Waals surface area contributed by atoms with Crippen molar-refractivity contribution in [1.29, 1.82) is 0 Å². The molecule has 2 N–H and O–H groups in total. The molecule has 0 bridgehead atoms. The highest BCUT2D eigenvalue weighted by Gasteiger charge is 2.38. The van der Waals surface area contributed by atoms with Gasteiger partial charge in [0.2, 0.25) is 17.6 Å². The summed E-state index contributed by atoms with van der Waals surface area (Å²) in [6.07, 6.45) is 4.61. The maximum Gasteiger partial charge on any atom is 0.371 e. The number of aromatic carboxylic acids is 1. The number of carboxylic acids is 1. The molecule has 0 spiro atoms. The van der Waals surface area contributed by atoms with Crippen LogP contribution in [-0.2, 0) is 16.1 Å². The topological polar surface area (TPSA) is 99.8 Å². The van der Waals surface area contributed by atoms with E-state index in [2.05, 4.69) is 5.32 Å². The summed E-state index contributed by atoms with van der Waals surface area (Å²) in [5, 5.41) is 11.5. The zero-order chi connectivity index (χ0) is 16.4. The molecule has 1 aromatic heterocycles. The number of likely N-dealkylation sites (tertiary alicyclic amines) is 1. The predicted octanol–water partition coefficient (Wildman–Crippen LogP) is 1.39. The van der Waals surface area contributed by atoms with Gasteiger partial charge in [-0.3, -0.25) is 9.59 Å². The molecular formula is C16H20N2O5. The van der Waals surface area contributed by atoms with Crippen molar-refractivity contribution in [3.63, 3.8) is 0 Å². The molecule has 0 radical (unpaired) electrons. The second kappa shape index (κ2) is 6.44. The van der Waals surface area contributed by atoms with Crippen molar-refractivity contribution in [2.75, 3.05) is 6.54 Å². The van der Waals surface area contributed by atoms with E-state index in [9.17, 15) is 14.4 Å². The predicted molar refractivity (Wildman–Crippen MR) is 79.6 cm³/mol. The van der Waals surface area contributed by atoms with Gasteiger partial charge >= 0.3 is 5.97 Å². The van der Waals surface area contributed by atoms with E-state index in [4.69, 9.17) is 9.52 Å². The average Bonchev–Trinajstić information content (AvgIpc) is 3.24. The van der Waals surface area contributed by atoms with Gasteiger partial charge in [-0.25, -0.2) is 4.79 Å². The van der Waals surface area contributed by atoms with Crippen molar-refractivity contribution in [3.05, 3.63) is 23.7 Å². The van der Waals surface area contributed by atoms with E-state index in [1.54, 1.807) is 0 Å². The molecule has 1 aromatic rings. The Bertz CT molecular complexity index is 618. The van der Waals surface area contributed by atoms with Gasteiger partial charge in [0.15, 0.2) is 0 Å². The zero-order valence-corrected chi connectivity index (χ0v) is 12.8. The lowest BCUT2D eigenvalue weighted by molar-refractivity contribution is -0.130. The van der Waals surface area contributed by atoms with E-state index in [0.29, 0.717) is 18.3 Å². The van der Waals surface area contributed by atoms with Gasteiger partial charge in [-0.1, -0.05) is 12.8 Å². The van der Waals surface area contributed by atoms with E-state index < -0.39 is 5.97 Å². The van der Waals surface area contributed by atoms with E-state index >= 15 is 0 Å². The highest BCUT2D eigenvalue weighted by molar-refractivity contribution is 5.89. The second-order valence-electron chi connectivity index (χ2n) is 6.17. The summed E-state index contributed by atoms with van der Waals surface area (Å²) in [5.41, 5.74) is 0. The SMILES string of the molecule is O=C(O)c1ccc(CNC(=O)C2CC(=O)N(C3CCCC3)C2)o1. The van der Waals surface area contributed by atoms with Crippen LogP contribution in [-0.4, -0.2) is 40.4 Å². The molecule has 1 atom stereocenters. The molecule has 3 rings (SSSR count). The summed E-state index contributed by atoms with van der Waals surface area (Å²) in [5.74, 6) is -1.38. The Hall–Kier alpha value is -2.31. The number of nitrogens with one attached hydrogen (secondary N) is 1. The van der Waals surface area contributed by atoms with Crippen LogP contribution in [0.1, 0.15) is 48.4 Å². The Kier molecular flexibility index (Phi) is 4.36. The van der Waals surface area contributed by atoms with Crippen molar-refractivity contribution in [3.8, 4) is 0 Å². The van der Waals surface area contributed by atoms with Crippen molar-refractivity contribution < 1.29 is 23.9 Å². The number of nitrogens with zero attached hydrogens (tertiary/aromatic N) is 1. The van der Waals surface area contributed by atoms with Gasteiger partial charge in [0, 0.05) is 19.0 Å². The standard InChI is InChI=1S/C16H20N2O5/c19-14-7-10(9-18(14)11-3-1-2-4-11)15(20)17-8-12-5-6-13(23-12)16(21)22/h5-6,10-11H,1-4,7-9H2,(H,17,20)(H,21,22). The smallest absolute Gasteiger partial charge is 0.371 e. The normalized spacial score (nSPS) is 21.8. The molecule has 2 amide bonds. The largest absolute Gasteiger partial charge is 0.475 e. The Morgan fingerprint density at radius 1 is 1.30 bits per heavy atom. The third-order valence-electron chi connectivity index (χ3n) is 4.60. The zero-order valence-electron chi connectivity index (χ0n) is 12.8. The molecular weight excluding hydrogens is 300 g/mol. The number of carbonyl (C=O) groups excluding carboxylic acids is 2. The van der Waals surface area contributed by atoms with Crippen molar-refractivity contribution in [2.45, 2.75) is 44.7 Å². The summed E-state index contributed by atoms with van der Waals surface area (Å²) in [7, 11) is 0. The Morgan fingerprint density at radius 3 is 2.70 bits per heavy atom. The van der Waals surface area contributed by atoms with Crippen LogP contribution in [0.4, 0.5) is 0 Å². The van der Waals surface area contributed by atoms with Crippen molar-refractivity contribution in [2.24, 2.45) is 5.92 Å². The van der Waals surface area contributed by atoms with Crippen LogP contribution in [0.5, 0.6) is 0 Å². The van der Waals surface area contributed by atoms with Crippen LogP contribution in [0, 0.1) is 5.92 Å². The van der Waals surface area contributed by atoms with Gasteiger partial charge in [-0.2, -0.15) is 0 Å². The second-order valence-corrected chi connectivity index (χ2v) is 6.17. The molecule has 2 heterocycles. The average molecular weight is 320 g/mol. The van der Waals surface area contributed by atoms with Crippen LogP contribution >= 0.6 is 0 Å². The Morgan fingerprint density at radius 2 is 2.04 bits per heavy atom. The minimum atomic E-state index is -1.14. The number of amides is 2. The van der Waals surface area contributed by atoms with Crippen LogP contribution in [0.3, 0.4) is 0 Å². The summed E-state index contributed by atoms with van der Waals surface area (Å²) in [6, 6.07) is 3.17. The summed E-state index contributed by atoms with van der Waals surface area (Å²) in [6.45, 7) is 0.605. The summed E-state index contributed by atoms with van der Waals surface area (Å²) < 4.78 is 5.09. The molecule has 1 aliphatic carbocycles. The fourth-order valence-electron chi connectivity index (χ4n) is 3.38. The first kappa shape index (κ1) is 15.6. The van der Waals surface area contributed by atoms with E-state index in [0.717, 1.165) is 25.7 Å². The molecule has 1 saturated heterocycles. The van der Waals surface area contributed by atoms with Gasteiger partial charge in [-0.05, 0) is 25.0 Å². The van der Waals surface area contributed by atoms with Gasteiger partial charge < -0.3 is 19.7 Å². The molecule has 7 nitrogen and oxygen atoms in total. The first-order valence-corrected chi connectivity index (χ1v) is 7.94. The molecule has 2 fully saturated rings. The minimum absolute atomic E-state index is 0.0585. The fourth-order valence-corrected chi connectivity index (χ4v) is 3.38. The molecule has 1 saturated carbocycles. The minimum Gasteiger partial charge on any atom is -0.475 e. The van der Waals surface area contributed by atoms with Crippen LogP contribution in [0.15, 0.2) is 16.5 Å². The quantitative estimate of drug-likeness (QED) is 0.854. The van der Waals surface area contributed by atoms with Crippen LogP contribution in [0.2, 0.25) is 0 Å². The van der Waals surface area contributed by atoms with Gasteiger partial charge in [0.25, 0.3) is 0 Å². The van der Waals surface area contributed by atoms with E-state index in [1.807, 2.05) is 4.90 Å². The van der Waals surface area contributed by atoms with E-state index in [-0.39, 0.29) is 36.5 Å². The molecule has 0 aromatic carbocycles. The van der Waals surface area contributed by atoms with Crippen LogP contribution in [0.25, 0.3) is 0 Å². The summed E-state index contributed by atoms with van der Waals surface area (Å²) in [4.78, 5) is 36.9. The Balaban J connectivity index is 1.52. The number of carboxylic acid groups (broad SMARTS) is 1. The first-order valence-electron chi connectivity index (χ1n) is 7.94. The third-order valence-corrected chi connectivity index (χ3v) is 4.60. The Labute approximate surface area is 133 Å². The highest BCUT2D eigenvalue weighted by atomic mass is 16.4. The lowest BCUT2D eigenvalue weighted by Gasteiger charge is -2.23. The van der Waals surface area contributed by atoms with Crippen molar-refractivity contribution >= 4 is 17.8 Å². The molecule has 1 unspecified atom stereocenters. The first-order chi connectivity index (χ1) is 11.0. The maximum atomic E-state index is 12.2. The van der Waals surface area contributed by atoms with Crippen LogP contribution < -0.4 is 5.32 Å². The van der Waals surface area contributed by atoms with Gasteiger partial charge in [0.05, 0.1) is 12.5 Å². The summed E-state index contributed by atoms with van der Waals surface area (Å²) >= 11 is 0. The fraction of sp³-hybridized carbons (Fsp3) is 0.562. The molecule has 23 heavy (non-hydrogen) atoms. The molecule has 2 aliphatic rings. The monoisotopic (exact) mass is 320 g/mol. The molecule has 124 valence electrons. The number of hydrogen-bond acceptors (Lipinski definition) is 4. The van der Waals surface area contributed by atoms with E-state index in [1.165, 1.54) is 12.1 Å². The molecule has 7 heteroatoms. The third kappa shape index (κ3) is 3.38. The van der Waals surface area contributed by atoms with Gasteiger partial charge in [-0.15, -0.1) is 0 Å². The molecule has 1 aliphatic heterocycles. The number of carbonyl (C=O) groups is 3. The lowest BCUT2D eigenvalue weighted by atomic mass is 10.1. The van der Waals surface area contributed by atoms with Crippen molar-refractivity contribution in [1.82, 2.24) is 10.2 Å².